The van der Waals surface area contributed by atoms with Gasteiger partial charge in [0.15, 0.2) is 0 Å². The van der Waals surface area contributed by atoms with Gasteiger partial charge in [-0.15, -0.1) is 0 Å². The van der Waals surface area contributed by atoms with Gasteiger partial charge in [-0.05, 0) is 29.8 Å². The first-order valence-electron chi connectivity index (χ1n) is 8.94. The lowest BCUT2D eigenvalue weighted by molar-refractivity contribution is -0.384. The standard InChI is InChI=1S/C22H14Br2ClN3O2/c23-17-8-4-15(5-9-17)21-20(25)22(16-6-10-18(24)11-7-16)27(26-21)13-14-2-1-3-19(12-14)28(29)30/h1-12H,13H2. The van der Waals surface area contributed by atoms with Crippen LogP contribution in [-0.4, -0.2) is 14.7 Å². The second kappa shape index (κ2) is 8.71. The van der Waals surface area contributed by atoms with Gasteiger partial charge in [0.05, 0.1) is 22.2 Å². The monoisotopic (exact) mass is 545 g/mol. The lowest BCUT2D eigenvalue weighted by atomic mass is 10.1. The van der Waals surface area contributed by atoms with Crippen LogP contribution in [0.15, 0.2) is 81.7 Å². The van der Waals surface area contributed by atoms with Gasteiger partial charge in [-0.2, -0.15) is 5.10 Å². The SMILES string of the molecule is O=[N+]([O-])c1cccc(Cn2nc(-c3ccc(Br)cc3)c(Cl)c2-c2ccc(Br)cc2)c1. The van der Waals surface area contributed by atoms with Crippen LogP contribution >= 0.6 is 43.5 Å². The number of nitro benzene ring substituents is 1. The van der Waals surface area contributed by atoms with Crippen LogP contribution in [0.2, 0.25) is 5.02 Å². The van der Waals surface area contributed by atoms with Gasteiger partial charge < -0.3 is 0 Å². The van der Waals surface area contributed by atoms with E-state index in [1.54, 1.807) is 16.8 Å². The third-order valence-corrected chi connectivity index (χ3v) is 6.00. The van der Waals surface area contributed by atoms with E-state index in [-0.39, 0.29) is 5.69 Å². The van der Waals surface area contributed by atoms with E-state index in [0.717, 1.165) is 31.3 Å². The van der Waals surface area contributed by atoms with Crippen molar-refractivity contribution < 1.29 is 4.92 Å². The fourth-order valence-corrected chi connectivity index (χ4v) is 4.05. The number of non-ortho nitro benzene ring substituents is 1. The Labute approximate surface area is 194 Å². The predicted molar refractivity (Wildman–Crippen MR) is 126 cm³/mol. The van der Waals surface area contributed by atoms with Crippen molar-refractivity contribution in [1.82, 2.24) is 9.78 Å². The molecule has 0 N–H and O–H groups in total. The highest BCUT2D eigenvalue weighted by Gasteiger charge is 2.20. The minimum atomic E-state index is -0.400. The Morgan fingerprint density at radius 3 is 2.13 bits per heavy atom. The Balaban J connectivity index is 1.84. The molecular formula is C22H14Br2ClN3O2. The fourth-order valence-electron chi connectivity index (χ4n) is 3.17. The van der Waals surface area contributed by atoms with Crippen LogP contribution in [0.4, 0.5) is 5.69 Å². The van der Waals surface area contributed by atoms with Crippen molar-refractivity contribution in [1.29, 1.82) is 0 Å². The molecule has 0 atom stereocenters. The van der Waals surface area contributed by atoms with Crippen LogP contribution in [0.3, 0.4) is 0 Å². The number of nitrogens with zero attached hydrogens (tertiary/aromatic N) is 3. The molecule has 1 aromatic heterocycles. The maximum atomic E-state index is 11.2. The highest BCUT2D eigenvalue weighted by molar-refractivity contribution is 9.10. The van der Waals surface area contributed by atoms with E-state index in [2.05, 4.69) is 31.9 Å². The topological polar surface area (TPSA) is 61.0 Å². The van der Waals surface area contributed by atoms with Crippen molar-refractivity contribution in [3.05, 3.63) is 102 Å². The first kappa shape index (κ1) is 20.8. The summed E-state index contributed by atoms with van der Waals surface area (Å²) in [4.78, 5) is 10.8. The van der Waals surface area contributed by atoms with E-state index < -0.39 is 4.92 Å². The molecule has 0 unspecified atom stereocenters. The molecular weight excluding hydrogens is 534 g/mol. The van der Waals surface area contributed by atoms with Crippen LogP contribution < -0.4 is 0 Å². The molecule has 0 aliphatic rings. The van der Waals surface area contributed by atoms with Gasteiger partial charge in [0.25, 0.3) is 5.69 Å². The Bertz CT molecular complexity index is 1220. The van der Waals surface area contributed by atoms with Crippen LogP contribution in [-0.2, 0) is 6.54 Å². The van der Waals surface area contributed by atoms with Gasteiger partial charge in [-0.1, -0.05) is 79.9 Å². The van der Waals surface area contributed by atoms with Gasteiger partial charge >= 0.3 is 0 Å². The molecule has 4 rings (SSSR count). The molecule has 1 heterocycles. The number of halogens is 3. The Morgan fingerprint density at radius 1 is 0.933 bits per heavy atom. The molecule has 0 radical (unpaired) electrons. The molecule has 0 bridgehead atoms. The van der Waals surface area contributed by atoms with Gasteiger partial charge in [0.1, 0.15) is 5.69 Å². The Hall–Kier alpha value is -2.48. The number of aromatic nitrogens is 2. The van der Waals surface area contributed by atoms with Crippen molar-refractivity contribution in [2.45, 2.75) is 6.54 Å². The van der Waals surface area contributed by atoms with E-state index >= 15 is 0 Å². The van der Waals surface area contributed by atoms with E-state index in [4.69, 9.17) is 16.7 Å². The smallest absolute Gasteiger partial charge is 0.258 e. The van der Waals surface area contributed by atoms with Crippen LogP contribution in [0, 0.1) is 10.1 Å². The largest absolute Gasteiger partial charge is 0.269 e. The van der Waals surface area contributed by atoms with Crippen LogP contribution in [0.5, 0.6) is 0 Å². The molecule has 0 spiro atoms. The van der Waals surface area contributed by atoms with Crippen molar-refractivity contribution in [2.24, 2.45) is 0 Å². The minimum absolute atomic E-state index is 0.0454. The fraction of sp³-hybridized carbons (Fsp3) is 0.0455. The average Bonchev–Trinajstić information content (AvgIpc) is 3.05. The summed E-state index contributed by atoms with van der Waals surface area (Å²) in [5, 5.41) is 16.4. The third kappa shape index (κ3) is 4.33. The molecule has 30 heavy (non-hydrogen) atoms. The maximum Gasteiger partial charge on any atom is 0.269 e. The van der Waals surface area contributed by atoms with Crippen molar-refractivity contribution >= 4 is 49.1 Å². The second-order valence-electron chi connectivity index (χ2n) is 6.61. The Morgan fingerprint density at radius 2 is 1.53 bits per heavy atom. The number of nitro groups is 1. The molecule has 0 saturated carbocycles. The predicted octanol–water partition coefficient (Wildman–Crippen LogP) is 7.35. The first-order chi connectivity index (χ1) is 14.4. The molecule has 0 aliphatic carbocycles. The van der Waals surface area contributed by atoms with Gasteiger partial charge in [-0.25, -0.2) is 0 Å². The maximum absolute atomic E-state index is 11.2. The van der Waals surface area contributed by atoms with E-state index in [1.165, 1.54) is 6.07 Å². The summed E-state index contributed by atoms with van der Waals surface area (Å²) < 4.78 is 3.72. The molecule has 8 heteroatoms. The van der Waals surface area contributed by atoms with E-state index in [0.29, 0.717) is 17.3 Å². The zero-order valence-electron chi connectivity index (χ0n) is 15.4. The van der Waals surface area contributed by atoms with Crippen LogP contribution in [0.1, 0.15) is 5.56 Å². The average molecular weight is 548 g/mol. The molecule has 5 nitrogen and oxygen atoms in total. The second-order valence-corrected chi connectivity index (χ2v) is 8.82. The summed E-state index contributed by atoms with van der Waals surface area (Å²) in [5.41, 5.74) is 4.03. The van der Waals surface area contributed by atoms with Crippen molar-refractivity contribution in [2.75, 3.05) is 0 Å². The minimum Gasteiger partial charge on any atom is -0.258 e. The van der Waals surface area contributed by atoms with Gasteiger partial charge in [-0.3, -0.25) is 14.8 Å². The van der Waals surface area contributed by atoms with Crippen LogP contribution in [0.25, 0.3) is 22.5 Å². The molecule has 4 aromatic rings. The Kier molecular flexibility index (Phi) is 6.04. The van der Waals surface area contributed by atoms with Gasteiger partial charge in [0.2, 0.25) is 0 Å². The lowest BCUT2D eigenvalue weighted by Crippen LogP contribution is -2.04. The lowest BCUT2D eigenvalue weighted by Gasteiger charge is -2.08. The summed E-state index contributed by atoms with van der Waals surface area (Å²) in [6.45, 7) is 0.351. The molecule has 0 aliphatic heterocycles. The molecule has 150 valence electrons. The molecule has 3 aromatic carbocycles. The summed E-state index contributed by atoms with van der Waals surface area (Å²) in [5.74, 6) is 0. The number of hydrogen-bond donors (Lipinski definition) is 0. The van der Waals surface area contributed by atoms with E-state index in [1.807, 2.05) is 54.6 Å². The summed E-state index contributed by atoms with van der Waals surface area (Å²) in [6, 6.07) is 22.1. The summed E-state index contributed by atoms with van der Waals surface area (Å²) in [7, 11) is 0. The zero-order valence-corrected chi connectivity index (χ0v) is 19.4. The highest BCUT2D eigenvalue weighted by Crippen LogP contribution is 2.37. The molecule has 0 amide bonds. The van der Waals surface area contributed by atoms with Gasteiger partial charge in [0, 0.05) is 32.2 Å². The molecule has 0 saturated heterocycles. The highest BCUT2D eigenvalue weighted by atomic mass is 79.9. The zero-order chi connectivity index (χ0) is 21.3. The molecule has 0 fully saturated rings. The van der Waals surface area contributed by atoms with E-state index in [9.17, 15) is 10.1 Å². The normalized spacial score (nSPS) is 10.9. The summed E-state index contributed by atoms with van der Waals surface area (Å²) >= 11 is 13.7. The number of hydrogen-bond acceptors (Lipinski definition) is 3. The number of benzene rings is 3. The van der Waals surface area contributed by atoms with Crippen molar-refractivity contribution in [3.63, 3.8) is 0 Å². The first-order valence-corrected chi connectivity index (χ1v) is 10.9. The number of rotatable bonds is 5. The quantitative estimate of drug-likeness (QED) is 0.194. The summed E-state index contributed by atoms with van der Waals surface area (Å²) in [6.07, 6.45) is 0. The van der Waals surface area contributed by atoms with Crippen molar-refractivity contribution in [3.8, 4) is 22.5 Å². The third-order valence-electron chi connectivity index (χ3n) is 4.58.